The van der Waals surface area contributed by atoms with E-state index in [1.807, 2.05) is 37.4 Å². The van der Waals surface area contributed by atoms with Crippen LogP contribution >= 0.6 is 11.8 Å². The highest BCUT2D eigenvalue weighted by Gasteiger charge is 2.32. The summed E-state index contributed by atoms with van der Waals surface area (Å²) in [6, 6.07) is 9.82. The van der Waals surface area contributed by atoms with Gasteiger partial charge in [0.05, 0.1) is 0 Å². The fourth-order valence-electron chi connectivity index (χ4n) is 3.78. The molecule has 138 valence electrons. The summed E-state index contributed by atoms with van der Waals surface area (Å²) in [5.41, 5.74) is 1.05. The number of thioether (sulfide) groups is 1. The number of amides is 1. The molecular formula is C20H30N2O2S. The largest absolute Gasteiger partial charge is 0.444 e. The van der Waals surface area contributed by atoms with Gasteiger partial charge in [-0.25, -0.2) is 4.79 Å². The molecule has 0 saturated carbocycles. The molecule has 0 N–H and O–H groups in total. The van der Waals surface area contributed by atoms with Crippen molar-refractivity contribution >= 4 is 17.9 Å². The molecule has 1 amide bonds. The number of benzene rings is 1. The predicted molar refractivity (Wildman–Crippen MR) is 103 cm³/mol. The summed E-state index contributed by atoms with van der Waals surface area (Å²) >= 11 is 1.97. The Morgan fingerprint density at radius 2 is 1.88 bits per heavy atom. The Morgan fingerprint density at radius 3 is 2.56 bits per heavy atom. The standard InChI is InChI=1S/C20H30N2O2S/c1-20(2,3)24-19(23)22-12-9-15(10-13-22)21(4)17-11-14-25-18-8-6-5-7-16(17)18/h5-8,15,17H,9-14H2,1-4H3/t17-/m0/s1. The monoisotopic (exact) mass is 362 g/mol. The lowest BCUT2D eigenvalue weighted by atomic mass is 9.97. The fraction of sp³-hybridized carbons (Fsp3) is 0.650. The molecular weight excluding hydrogens is 332 g/mol. The second-order valence-corrected chi connectivity index (χ2v) is 9.19. The van der Waals surface area contributed by atoms with Gasteiger partial charge < -0.3 is 9.64 Å². The third-order valence-electron chi connectivity index (χ3n) is 5.11. The van der Waals surface area contributed by atoms with Crippen LogP contribution in [0.4, 0.5) is 4.79 Å². The Morgan fingerprint density at radius 1 is 1.20 bits per heavy atom. The number of likely N-dealkylation sites (tertiary alicyclic amines) is 1. The van der Waals surface area contributed by atoms with Crippen LogP contribution in [0.3, 0.4) is 0 Å². The van der Waals surface area contributed by atoms with Crippen molar-refractivity contribution in [3.05, 3.63) is 29.8 Å². The molecule has 5 heteroatoms. The first-order chi connectivity index (χ1) is 11.8. The van der Waals surface area contributed by atoms with E-state index in [-0.39, 0.29) is 6.09 Å². The molecule has 0 aromatic heterocycles. The second-order valence-electron chi connectivity index (χ2n) is 8.05. The van der Waals surface area contributed by atoms with Crippen molar-refractivity contribution in [3.63, 3.8) is 0 Å². The van der Waals surface area contributed by atoms with E-state index in [4.69, 9.17) is 4.74 Å². The molecule has 0 spiro atoms. The Kier molecular flexibility index (Phi) is 5.64. The minimum atomic E-state index is -0.422. The molecule has 0 bridgehead atoms. The van der Waals surface area contributed by atoms with Crippen LogP contribution in [-0.2, 0) is 4.74 Å². The lowest BCUT2D eigenvalue weighted by Crippen LogP contribution is -2.48. The smallest absolute Gasteiger partial charge is 0.410 e. The normalized spacial score (nSPS) is 22.0. The summed E-state index contributed by atoms with van der Waals surface area (Å²) in [7, 11) is 2.26. The first-order valence-corrected chi connectivity index (χ1v) is 10.3. The van der Waals surface area contributed by atoms with Crippen molar-refractivity contribution < 1.29 is 9.53 Å². The van der Waals surface area contributed by atoms with Crippen molar-refractivity contribution in [2.45, 2.75) is 62.6 Å². The van der Waals surface area contributed by atoms with Gasteiger partial charge in [-0.1, -0.05) is 18.2 Å². The molecule has 2 aliphatic rings. The van der Waals surface area contributed by atoms with Crippen molar-refractivity contribution in [1.29, 1.82) is 0 Å². The number of hydrogen-bond donors (Lipinski definition) is 0. The highest BCUT2D eigenvalue weighted by molar-refractivity contribution is 7.99. The average molecular weight is 363 g/mol. The molecule has 4 nitrogen and oxygen atoms in total. The van der Waals surface area contributed by atoms with Gasteiger partial charge in [-0.15, -0.1) is 11.8 Å². The molecule has 0 aliphatic carbocycles. The maximum absolute atomic E-state index is 12.2. The van der Waals surface area contributed by atoms with E-state index in [0.717, 1.165) is 25.9 Å². The number of piperidine rings is 1. The summed E-state index contributed by atoms with van der Waals surface area (Å²) in [4.78, 5) is 18.1. The van der Waals surface area contributed by atoms with Crippen LogP contribution in [-0.4, -0.2) is 53.4 Å². The maximum atomic E-state index is 12.2. The summed E-state index contributed by atoms with van der Waals surface area (Å²) in [6.45, 7) is 7.33. The quantitative estimate of drug-likeness (QED) is 0.772. The molecule has 1 aromatic carbocycles. The van der Waals surface area contributed by atoms with Crippen LogP contribution in [0.15, 0.2) is 29.2 Å². The van der Waals surface area contributed by atoms with Gasteiger partial charge >= 0.3 is 6.09 Å². The van der Waals surface area contributed by atoms with Crippen LogP contribution in [0.1, 0.15) is 51.6 Å². The van der Waals surface area contributed by atoms with Gasteiger partial charge in [0.25, 0.3) is 0 Å². The zero-order valence-electron chi connectivity index (χ0n) is 15.8. The molecule has 2 aliphatic heterocycles. The number of carbonyl (C=O) groups is 1. The Bertz CT molecular complexity index is 606. The minimum absolute atomic E-state index is 0.173. The predicted octanol–water partition coefficient (Wildman–Crippen LogP) is 4.55. The van der Waals surface area contributed by atoms with Crippen LogP contribution in [0.25, 0.3) is 0 Å². The van der Waals surface area contributed by atoms with E-state index in [9.17, 15) is 4.79 Å². The highest BCUT2D eigenvalue weighted by Crippen LogP contribution is 2.40. The van der Waals surface area contributed by atoms with Crippen LogP contribution < -0.4 is 0 Å². The molecule has 0 radical (unpaired) electrons. The number of rotatable bonds is 2. The fourth-order valence-corrected chi connectivity index (χ4v) is 4.89. The van der Waals surface area contributed by atoms with Gasteiger partial charge in [0.1, 0.15) is 5.60 Å². The van der Waals surface area contributed by atoms with Gasteiger partial charge in [-0.3, -0.25) is 4.90 Å². The van der Waals surface area contributed by atoms with Crippen LogP contribution in [0.5, 0.6) is 0 Å². The number of carbonyl (C=O) groups excluding carboxylic acids is 1. The van der Waals surface area contributed by atoms with Gasteiger partial charge in [0.2, 0.25) is 0 Å². The molecule has 1 aromatic rings. The number of nitrogens with zero attached hydrogens (tertiary/aromatic N) is 2. The van der Waals surface area contributed by atoms with Gasteiger partial charge in [0.15, 0.2) is 0 Å². The van der Waals surface area contributed by atoms with E-state index >= 15 is 0 Å². The highest BCUT2D eigenvalue weighted by atomic mass is 32.2. The zero-order chi connectivity index (χ0) is 18.0. The van der Waals surface area contributed by atoms with E-state index in [1.165, 1.54) is 22.6 Å². The molecule has 25 heavy (non-hydrogen) atoms. The maximum Gasteiger partial charge on any atom is 0.410 e. The number of hydrogen-bond acceptors (Lipinski definition) is 4. The number of ether oxygens (including phenoxy) is 1. The molecule has 1 fully saturated rings. The first-order valence-electron chi connectivity index (χ1n) is 9.27. The minimum Gasteiger partial charge on any atom is -0.444 e. The van der Waals surface area contributed by atoms with Crippen molar-refractivity contribution in [3.8, 4) is 0 Å². The molecule has 0 unspecified atom stereocenters. The average Bonchev–Trinajstić information content (AvgIpc) is 2.59. The zero-order valence-corrected chi connectivity index (χ0v) is 16.6. The number of fused-ring (bicyclic) bond motifs is 1. The SMILES string of the molecule is CN(C1CCN(C(=O)OC(C)(C)C)CC1)[C@H]1CCSc2ccccc21. The summed E-state index contributed by atoms with van der Waals surface area (Å²) in [6.07, 6.45) is 3.06. The molecule has 1 atom stereocenters. The molecule has 3 rings (SSSR count). The second kappa shape index (κ2) is 7.58. The van der Waals surface area contributed by atoms with E-state index in [1.54, 1.807) is 0 Å². The van der Waals surface area contributed by atoms with E-state index in [0.29, 0.717) is 12.1 Å². The first kappa shape index (κ1) is 18.6. The van der Waals surface area contributed by atoms with E-state index < -0.39 is 5.60 Å². The van der Waals surface area contributed by atoms with Crippen molar-refractivity contribution in [2.24, 2.45) is 0 Å². The molecule has 2 heterocycles. The van der Waals surface area contributed by atoms with Crippen LogP contribution in [0.2, 0.25) is 0 Å². The summed E-state index contributed by atoms with van der Waals surface area (Å²) < 4.78 is 5.51. The van der Waals surface area contributed by atoms with Gasteiger partial charge in [0, 0.05) is 30.1 Å². The third kappa shape index (κ3) is 4.50. The summed E-state index contributed by atoms with van der Waals surface area (Å²) in [5.74, 6) is 1.18. The third-order valence-corrected chi connectivity index (χ3v) is 6.23. The van der Waals surface area contributed by atoms with Gasteiger partial charge in [-0.05, 0) is 64.5 Å². The Hall–Kier alpha value is -1.20. The lowest BCUT2D eigenvalue weighted by molar-refractivity contribution is 0.0130. The van der Waals surface area contributed by atoms with Crippen LogP contribution in [0, 0.1) is 0 Å². The lowest BCUT2D eigenvalue weighted by Gasteiger charge is -2.42. The Labute approximate surface area is 155 Å². The summed E-state index contributed by atoms with van der Waals surface area (Å²) in [5, 5.41) is 0. The van der Waals surface area contributed by atoms with Crippen molar-refractivity contribution in [1.82, 2.24) is 9.80 Å². The van der Waals surface area contributed by atoms with Gasteiger partial charge in [-0.2, -0.15) is 0 Å². The van der Waals surface area contributed by atoms with E-state index in [2.05, 4.69) is 36.2 Å². The topological polar surface area (TPSA) is 32.8 Å². The Balaban J connectivity index is 1.59. The van der Waals surface area contributed by atoms with Crippen molar-refractivity contribution in [2.75, 3.05) is 25.9 Å². The molecule has 1 saturated heterocycles.